The summed E-state index contributed by atoms with van der Waals surface area (Å²) in [7, 11) is 1.64. The number of hydrogen-bond acceptors (Lipinski definition) is 2. The third kappa shape index (κ3) is 5.95. The topological polar surface area (TPSA) is 47.2 Å². The van der Waals surface area contributed by atoms with Crippen molar-refractivity contribution in [1.29, 1.82) is 0 Å². The lowest BCUT2D eigenvalue weighted by atomic mass is 10.1. The molecule has 0 aliphatic carbocycles. The Bertz CT molecular complexity index is 817. The normalized spacial score (nSPS) is 19.6. The molecule has 1 fully saturated rings. The summed E-state index contributed by atoms with van der Waals surface area (Å²) >= 11 is 0. The van der Waals surface area contributed by atoms with Crippen LogP contribution in [0.2, 0.25) is 0 Å². The van der Waals surface area contributed by atoms with Gasteiger partial charge in [0.05, 0.1) is 18.4 Å². The van der Waals surface area contributed by atoms with E-state index < -0.39 is 17.6 Å². The van der Waals surface area contributed by atoms with Crippen LogP contribution in [0.3, 0.4) is 0 Å². The van der Waals surface area contributed by atoms with E-state index in [0.29, 0.717) is 0 Å². The third-order valence-corrected chi connectivity index (χ3v) is 5.19. The lowest BCUT2D eigenvalue weighted by Gasteiger charge is -2.29. The minimum atomic E-state index is -4.49. The first-order chi connectivity index (χ1) is 13.8. The van der Waals surface area contributed by atoms with Crippen LogP contribution in [0.1, 0.15) is 11.1 Å². The van der Waals surface area contributed by atoms with Crippen LogP contribution < -0.4 is 19.9 Å². The Hall–Kier alpha value is -2.58. The molecule has 0 saturated carbocycles. The van der Waals surface area contributed by atoms with Gasteiger partial charge in [0.2, 0.25) is 0 Å². The summed E-state index contributed by atoms with van der Waals surface area (Å²) in [5, 5.41) is 2.43. The van der Waals surface area contributed by atoms with Crippen molar-refractivity contribution in [3.8, 4) is 5.75 Å². The molecule has 3 N–H and O–H groups in total. The molecule has 0 aromatic heterocycles. The molecule has 0 unspecified atom stereocenters. The molecule has 1 amide bonds. The number of carbonyl (C=O) groups excluding carboxylic acids is 1. The number of amides is 1. The van der Waals surface area contributed by atoms with E-state index in [9.17, 15) is 18.0 Å². The van der Waals surface area contributed by atoms with Gasteiger partial charge in [0, 0.05) is 5.56 Å². The largest absolute Gasteiger partial charge is 0.497 e. The Kier molecular flexibility index (Phi) is 6.76. The van der Waals surface area contributed by atoms with E-state index in [1.807, 2.05) is 12.1 Å². The van der Waals surface area contributed by atoms with Crippen molar-refractivity contribution < 1.29 is 32.5 Å². The number of hydrogen-bond donors (Lipinski definition) is 3. The van der Waals surface area contributed by atoms with E-state index in [1.54, 1.807) is 7.11 Å². The van der Waals surface area contributed by atoms with E-state index in [0.717, 1.165) is 49.4 Å². The number of quaternary nitrogens is 2. The standard InChI is InChI=1S/C21H24F3N3O2/c1-29-17-8-6-16(7-9-17)14-26-10-12-27(13-11-26)15-20(28)25-19-5-3-2-4-18(19)21(22,23)24/h2-9H,10-15H2,1H3,(H,25,28)/p+2. The van der Waals surface area contributed by atoms with Crippen LogP contribution in [0, 0.1) is 0 Å². The van der Waals surface area contributed by atoms with E-state index in [2.05, 4.69) is 17.4 Å². The maximum atomic E-state index is 13.1. The van der Waals surface area contributed by atoms with Gasteiger partial charge in [-0.05, 0) is 36.4 Å². The molecule has 5 nitrogen and oxygen atoms in total. The fraction of sp³-hybridized carbons (Fsp3) is 0.381. The predicted octanol–water partition coefficient (Wildman–Crippen LogP) is 0.636. The molecule has 0 bridgehead atoms. The van der Waals surface area contributed by atoms with Gasteiger partial charge in [0.15, 0.2) is 6.54 Å². The zero-order chi connectivity index (χ0) is 20.9. The second-order valence-electron chi connectivity index (χ2n) is 7.29. The van der Waals surface area contributed by atoms with Gasteiger partial charge in [0.25, 0.3) is 5.91 Å². The van der Waals surface area contributed by atoms with E-state index >= 15 is 0 Å². The molecule has 2 aromatic carbocycles. The summed E-state index contributed by atoms with van der Waals surface area (Å²) in [5.41, 5.74) is 0.219. The summed E-state index contributed by atoms with van der Waals surface area (Å²) in [6.45, 7) is 4.51. The van der Waals surface area contributed by atoms with Crippen molar-refractivity contribution in [1.82, 2.24) is 0 Å². The SMILES string of the molecule is COc1ccc(C[NH+]2CC[NH+](CC(=O)Nc3ccccc3C(F)(F)F)CC2)cc1. The zero-order valence-corrected chi connectivity index (χ0v) is 16.3. The molecular weight excluding hydrogens is 383 g/mol. The molecule has 8 heteroatoms. The van der Waals surface area contributed by atoms with Gasteiger partial charge in [-0.2, -0.15) is 13.2 Å². The van der Waals surface area contributed by atoms with Crippen molar-refractivity contribution in [2.45, 2.75) is 12.7 Å². The molecule has 0 spiro atoms. The molecule has 29 heavy (non-hydrogen) atoms. The zero-order valence-electron chi connectivity index (χ0n) is 16.3. The highest BCUT2D eigenvalue weighted by Gasteiger charge is 2.34. The summed E-state index contributed by atoms with van der Waals surface area (Å²) in [6, 6.07) is 13.1. The molecule has 1 saturated heterocycles. The highest BCUT2D eigenvalue weighted by molar-refractivity contribution is 5.92. The summed E-state index contributed by atoms with van der Waals surface area (Å²) in [6.07, 6.45) is -4.49. The van der Waals surface area contributed by atoms with Gasteiger partial charge in [-0.3, -0.25) is 4.79 Å². The number of carbonyl (C=O) groups is 1. The molecule has 0 radical (unpaired) electrons. The fourth-order valence-electron chi connectivity index (χ4n) is 3.60. The number of alkyl halides is 3. The lowest BCUT2D eigenvalue weighted by molar-refractivity contribution is -1.02. The summed E-state index contributed by atoms with van der Waals surface area (Å²) < 4.78 is 44.3. The van der Waals surface area contributed by atoms with Gasteiger partial charge in [-0.1, -0.05) is 12.1 Å². The Labute approximate surface area is 168 Å². The van der Waals surface area contributed by atoms with Gasteiger partial charge >= 0.3 is 6.18 Å². The maximum Gasteiger partial charge on any atom is 0.418 e. The molecule has 1 heterocycles. The number of para-hydroxylation sites is 1. The van der Waals surface area contributed by atoms with Crippen LogP contribution in [-0.4, -0.2) is 45.7 Å². The number of piperazine rings is 1. The van der Waals surface area contributed by atoms with Crippen LogP contribution in [0.5, 0.6) is 5.75 Å². The number of rotatable bonds is 6. The smallest absolute Gasteiger partial charge is 0.418 e. The van der Waals surface area contributed by atoms with Crippen LogP contribution in [0.25, 0.3) is 0 Å². The Morgan fingerprint density at radius 2 is 1.62 bits per heavy atom. The molecule has 156 valence electrons. The first-order valence-electron chi connectivity index (χ1n) is 9.61. The number of ether oxygens (including phenoxy) is 1. The molecule has 1 aliphatic heterocycles. The average molecular weight is 409 g/mol. The Morgan fingerprint density at radius 1 is 1.00 bits per heavy atom. The maximum absolute atomic E-state index is 13.1. The molecule has 2 aromatic rings. The fourth-order valence-corrected chi connectivity index (χ4v) is 3.60. The van der Waals surface area contributed by atoms with E-state index in [4.69, 9.17) is 4.74 Å². The molecular formula is C21H26F3N3O2+2. The first-order valence-corrected chi connectivity index (χ1v) is 9.61. The first kappa shape index (κ1) is 21.1. The second kappa shape index (κ2) is 9.28. The lowest BCUT2D eigenvalue weighted by Crippen LogP contribution is -3.28. The minimum absolute atomic E-state index is 0.169. The number of anilines is 1. The molecule has 1 aliphatic rings. The van der Waals surface area contributed by atoms with Crippen molar-refractivity contribution in [3.05, 3.63) is 59.7 Å². The Balaban J connectivity index is 1.47. The van der Waals surface area contributed by atoms with Crippen molar-refractivity contribution >= 4 is 11.6 Å². The molecule has 3 rings (SSSR count). The van der Waals surface area contributed by atoms with Gasteiger partial charge in [-0.25, -0.2) is 0 Å². The molecule has 0 atom stereocenters. The van der Waals surface area contributed by atoms with Crippen LogP contribution in [0.4, 0.5) is 18.9 Å². The number of halogens is 3. The minimum Gasteiger partial charge on any atom is -0.497 e. The van der Waals surface area contributed by atoms with Crippen LogP contribution in [-0.2, 0) is 17.5 Å². The van der Waals surface area contributed by atoms with Gasteiger partial charge in [0.1, 0.15) is 38.5 Å². The van der Waals surface area contributed by atoms with Crippen molar-refractivity contribution in [2.75, 3.05) is 45.2 Å². The Morgan fingerprint density at radius 3 is 2.24 bits per heavy atom. The predicted molar refractivity (Wildman–Crippen MR) is 103 cm³/mol. The third-order valence-electron chi connectivity index (χ3n) is 5.19. The van der Waals surface area contributed by atoms with Gasteiger partial charge < -0.3 is 19.9 Å². The highest BCUT2D eigenvalue weighted by Crippen LogP contribution is 2.34. The van der Waals surface area contributed by atoms with E-state index in [1.165, 1.54) is 28.7 Å². The van der Waals surface area contributed by atoms with Crippen molar-refractivity contribution in [3.63, 3.8) is 0 Å². The quantitative estimate of drug-likeness (QED) is 0.656. The number of benzene rings is 2. The van der Waals surface area contributed by atoms with E-state index in [-0.39, 0.29) is 12.2 Å². The van der Waals surface area contributed by atoms with Crippen LogP contribution in [0.15, 0.2) is 48.5 Å². The average Bonchev–Trinajstić information content (AvgIpc) is 2.69. The number of methoxy groups -OCH3 is 1. The van der Waals surface area contributed by atoms with Crippen LogP contribution >= 0.6 is 0 Å². The number of nitrogens with one attached hydrogen (secondary N) is 3. The second-order valence-corrected chi connectivity index (χ2v) is 7.29. The highest BCUT2D eigenvalue weighted by atomic mass is 19.4. The summed E-state index contributed by atoms with van der Waals surface area (Å²) in [5.74, 6) is 0.437. The van der Waals surface area contributed by atoms with Crippen molar-refractivity contribution in [2.24, 2.45) is 0 Å². The van der Waals surface area contributed by atoms with Gasteiger partial charge in [-0.15, -0.1) is 0 Å². The summed E-state index contributed by atoms with van der Waals surface area (Å²) in [4.78, 5) is 14.8. The monoisotopic (exact) mass is 409 g/mol.